The molecule has 1 heterocycles. The molecule has 7 heteroatoms. The minimum atomic E-state index is -3.78. The highest BCUT2D eigenvalue weighted by atomic mass is 32.2. The molecule has 6 nitrogen and oxygen atoms in total. The first kappa shape index (κ1) is 18.6. The molecular weight excluding hydrogens is 360 g/mol. The fourth-order valence-electron chi connectivity index (χ4n) is 2.83. The molecule has 27 heavy (non-hydrogen) atoms. The van der Waals surface area contributed by atoms with Gasteiger partial charge in [0.2, 0.25) is 10.0 Å². The summed E-state index contributed by atoms with van der Waals surface area (Å²) >= 11 is 0. The lowest BCUT2D eigenvalue weighted by molar-refractivity contribution is 0.598. The van der Waals surface area contributed by atoms with Crippen LogP contribution in [0.2, 0.25) is 0 Å². The van der Waals surface area contributed by atoms with Gasteiger partial charge < -0.3 is 0 Å². The molecule has 0 amide bonds. The first-order chi connectivity index (χ1) is 12.8. The zero-order valence-corrected chi connectivity index (χ0v) is 15.6. The van der Waals surface area contributed by atoms with Gasteiger partial charge >= 0.3 is 0 Å². The minimum absolute atomic E-state index is 0.0224. The van der Waals surface area contributed by atoms with E-state index in [2.05, 4.69) is 17.7 Å². The molecule has 0 aliphatic rings. The van der Waals surface area contributed by atoms with Gasteiger partial charge in [0.25, 0.3) is 0 Å². The van der Waals surface area contributed by atoms with Crippen LogP contribution in [-0.4, -0.2) is 18.2 Å². The Bertz CT molecular complexity index is 1140. The fraction of sp³-hybridized carbons (Fsp3) is 0.100. The fourth-order valence-corrected chi connectivity index (χ4v) is 3.34. The van der Waals surface area contributed by atoms with Crippen molar-refractivity contribution in [1.29, 1.82) is 5.26 Å². The molecule has 0 unspecified atom stereocenters. The Morgan fingerprint density at radius 2 is 1.74 bits per heavy atom. The number of primary sulfonamides is 1. The largest absolute Gasteiger partial charge is 0.250 e. The maximum Gasteiger partial charge on any atom is 0.238 e. The molecular formula is C20H18N4O2S. The van der Waals surface area contributed by atoms with Crippen LogP contribution < -0.4 is 5.14 Å². The number of sulfonamides is 1. The predicted octanol–water partition coefficient (Wildman–Crippen LogP) is 3.23. The van der Waals surface area contributed by atoms with Crippen molar-refractivity contribution in [3.63, 3.8) is 0 Å². The maximum atomic E-state index is 11.5. The standard InChI is InChI=1S/C20H18N4O2S/c1-3-12-24-18(13-21)19(15-6-4-14(2)5-7-15)20(23-24)16-8-10-17(11-9-16)27(22,25)26/h3-11H,1,12H2,2H3,(H2,22,25,26). The topological polar surface area (TPSA) is 102 Å². The van der Waals surface area contributed by atoms with Gasteiger partial charge in [-0.25, -0.2) is 18.2 Å². The Morgan fingerprint density at radius 3 is 2.26 bits per heavy atom. The van der Waals surface area contributed by atoms with Crippen LogP contribution in [0.3, 0.4) is 0 Å². The summed E-state index contributed by atoms with van der Waals surface area (Å²) in [5.41, 5.74) is 4.37. The van der Waals surface area contributed by atoms with Crippen LogP contribution in [0.5, 0.6) is 0 Å². The number of nitrogens with zero attached hydrogens (tertiary/aromatic N) is 3. The number of aromatic nitrogens is 2. The van der Waals surface area contributed by atoms with E-state index in [1.165, 1.54) is 12.1 Å². The molecule has 0 radical (unpaired) electrons. The number of hydrogen-bond acceptors (Lipinski definition) is 4. The van der Waals surface area contributed by atoms with E-state index in [9.17, 15) is 13.7 Å². The van der Waals surface area contributed by atoms with Gasteiger partial charge in [-0.15, -0.1) is 6.58 Å². The van der Waals surface area contributed by atoms with Crippen LogP contribution in [0.15, 0.2) is 66.1 Å². The number of nitrogens with two attached hydrogens (primary N) is 1. The SMILES string of the molecule is C=CCn1nc(-c2ccc(S(N)(=O)=O)cc2)c(-c2ccc(C)cc2)c1C#N. The summed E-state index contributed by atoms with van der Waals surface area (Å²) in [6.07, 6.45) is 1.67. The normalized spacial score (nSPS) is 11.1. The summed E-state index contributed by atoms with van der Waals surface area (Å²) in [5, 5.41) is 19.5. The molecule has 0 aliphatic carbocycles. The zero-order chi connectivity index (χ0) is 19.6. The quantitative estimate of drug-likeness (QED) is 0.689. The molecule has 0 aliphatic heterocycles. The second-order valence-electron chi connectivity index (χ2n) is 6.09. The summed E-state index contributed by atoms with van der Waals surface area (Å²) in [6.45, 7) is 6.09. The van der Waals surface area contributed by atoms with Gasteiger partial charge in [0, 0.05) is 11.1 Å². The smallest absolute Gasteiger partial charge is 0.238 e. The van der Waals surface area contributed by atoms with Crippen molar-refractivity contribution in [2.45, 2.75) is 18.4 Å². The number of allylic oxidation sites excluding steroid dienone is 1. The van der Waals surface area contributed by atoms with Gasteiger partial charge in [-0.2, -0.15) is 10.4 Å². The molecule has 2 aromatic carbocycles. The molecule has 3 aromatic rings. The van der Waals surface area contributed by atoms with E-state index in [-0.39, 0.29) is 4.90 Å². The highest BCUT2D eigenvalue weighted by Gasteiger charge is 2.20. The average Bonchev–Trinajstić information content (AvgIpc) is 3.00. The van der Waals surface area contributed by atoms with Gasteiger partial charge in [-0.05, 0) is 24.6 Å². The van der Waals surface area contributed by atoms with Crippen LogP contribution in [0.1, 0.15) is 11.3 Å². The number of nitriles is 1. The van der Waals surface area contributed by atoms with Crippen LogP contribution in [0, 0.1) is 18.3 Å². The third-order valence-electron chi connectivity index (χ3n) is 4.16. The van der Waals surface area contributed by atoms with Crippen molar-refractivity contribution < 1.29 is 8.42 Å². The van der Waals surface area contributed by atoms with Crippen molar-refractivity contribution in [1.82, 2.24) is 9.78 Å². The van der Waals surface area contributed by atoms with E-state index >= 15 is 0 Å². The molecule has 2 N–H and O–H groups in total. The lowest BCUT2D eigenvalue weighted by Gasteiger charge is -2.05. The van der Waals surface area contributed by atoms with E-state index < -0.39 is 10.0 Å². The number of rotatable bonds is 5. The molecule has 0 fully saturated rings. The first-order valence-corrected chi connectivity index (χ1v) is 9.72. The minimum Gasteiger partial charge on any atom is -0.250 e. The number of hydrogen-bond donors (Lipinski definition) is 1. The molecule has 0 spiro atoms. The molecule has 0 bridgehead atoms. The van der Waals surface area contributed by atoms with Gasteiger partial charge in [0.15, 0.2) is 0 Å². The Kier molecular flexibility index (Phi) is 4.95. The average molecular weight is 378 g/mol. The lowest BCUT2D eigenvalue weighted by Crippen LogP contribution is -2.11. The third-order valence-corrected chi connectivity index (χ3v) is 5.09. The van der Waals surface area contributed by atoms with Crippen LogP contribution in [0.25, 0.3) is 22.4 Å². The van der Waals surface area contributed by atoms with Crippen molar-refractivity contribution in [2.24, 2.45) is 5.14 Å². The third kappa shape index (κ3) is 3.67. The molecule has 0 atom stereocenters. The van der Waals surface area contributed by atoms with E-state index in [4.69, 9.17) is 5.14 Å². The van der Waals surface area contributed by atoms with Crippen molar-refractivity contribution in [3.05, 3.63) is 72.4 Å². The number of aryl methyl sites for hydroxylation is 1. The highest BCUT2D eigenvalue weighted by Crippen LogP contribution is 2.35. The predicted molar refractivity (Wildman–Crippen MR) is 104 cm³/mol. The lowest BCUT2D eigenvalue weighted by atomic mass is 9.98. The van der Waals surface area contributed by atoms with E-state index in [1.807, 2.05) is 31.2 Å². The van der Waals surface area contributed by atoms with Gasteiger partial charge in [-0.3, -0.25) is 0 Å². The van der Waals surface area contributed by atoms with E-state index in [0.29, 0.717) is 29.1 Å². The van der Waals surface area contributed by atoms with Crippen molar-refractivity contribution in [2.75, 3.05) is 0 Å². The number of benzene rings is 2. The second-order valence-corrected chi connectivity index (χ2v) is 7.65. The molecule has 0 saturated heterocycles. The van der Waals surface area contributed by atoms with E-state index in [1.54, 1.807) is 22.9 Å². The summed E-state index contributed by atoms with van der Waals surface area (Å²) in [6, 6.07) is 16.2. The van der Waals surface area contributed by atoms with Crippen molar-refractivity contribution in [3.8, 4) is 28.5 Å². The Balaban J connectivity index is 2.24. The molecule has 3 rings (SSSR count). The monoisotopic (exact) mass is 378 g/mol. The Morgan fingerprint density at radius 1 is 1.15 bits per heavy atom. The van der Waals surface area contributed by atoms with Gasteiger partial charge in [0.1, 0.15) is 17.5 Å². The van der Waals surface area contributed by atoms with E-state index in [0.717, 1.165) is 11.1 Å². The Hall–Kier alpha value is -3.21. The van der Waals surface area contributed by atoms with Gasteiger partial charge in [-0.1, -0.05) is 48.0 Å². The molecule has 1 aromatic heterocycles. The zero-order valence-electron chi connectivity index (χ0n) is 14.8. The maximum absolute atomic E-state index is 11.5. The summed E-state index contributed by atoms with van der Waals surface area (Å²) in [4.78, 5) is 0.0224. The van der Waals surface area contributed by atoms with Crippen LogP contribution in [0.4, 0.5) is 0 Å². The Labute approximate surface area is 158 Å². The molecule has 0 saturated carbocycles. The summed E-state index contributed by atoms with van der Waals surface area (Å²) in [7, 11) is -3.78. The highest BCUT2D eigenvalue weighted by molar-refractivity contribution is 7.89. The van der Waals surface area contributed by atoms with Gasteiger partial charge in [0.05, 0.1) is 11.4 Å². The summed E-state index contributed by atoms with van der Waals surface area (Å²) < 4.78 is 24.6. The second kappa shape index (κ2) is 7.19. The van der Waals surface area contributed by atoms with Crippen LogP contribution >= 0.6 is 0 Å². The summed E-state index contributed by atoms with van der Waals surface area (Å²) in [5.74, 6) is 0. The molecule has 136 valence electrons. The first-order valence-electron chi connectivity index (χ1n) is 8.17. The van der Waals surface area contributed by atoms with Crippen molar-refractivity contribution >= 4 is 10.0 Å². The van der Waals surface area contributed by atoms with Crippen LogP contribution in [-0.2, 0) is 16.6 Å².